The van der Waals surface area contributed by atoms with E-state index in [2.05, 4.69) is 100 Å². The maximum absolute atomic E-state index is 12.6. The van der Waals surface area contributed by atoms with E-state index < -0.39 is 35.9 Å². The first-order valence-corrected chi connectivity index (χ1v) is 21.7. The zero-order valence-corrected chi connectivity index (χ0v) is 34.3. The molecule has 0 fully saturated rings. The molecule has 0 unspecified atom stereocenters. The second-order valence-corrected chi connectivity index (χ2v) is 15.4. The Bertz CT molecular complexity index is 2470. The Hall–Kier alpha value is -6.14. The van der Waals surface area contributed by atoms with E-state index in [-0.39, 0.29) is 34.8 Å². The Morgan fingerprint density at radius 1 is 0.552 bits per heavy atom. The van der Waals surface area contributed by atoms with E-state index >= 15 is 0 Å². The number of rotatable bonds is 20. The van der Waals surface area contributed by atoms with Gasteiger partial charge in [0.25, 0.3) is 20.2 Å². The first-order valence-electron chi connectivity index (χ1n) is 18.8. The summed E-state index contributed by atoms with van der Waals surface area (Å²) in [4.78, 5) is 23.7. The van der Waals surface area contributed by atoms with Crippen LogP contribution in [-0.2, 0) is 29.8 Å². The lowest BCUT2D eigenvalue weighted by Crippen LogP contribution is -2.12. The summed E-state index contributed by atoms with van der Waals surface area (Å²) in [6, 6.07) is 7.45. The molecule has 300 valence electrons. The summed E-state index contributed by atoms with van der Waals surface area (Å²) in [5.41, 5.74) is 0.0275. The minimum Gasteiger partial charge on any atom is -0.326 e. The molecular weight excluding hydrogens is 773 g/mol. The third-order valence-electron chi connectivity index (χ3n) is 8.06. The van der Waals surface area contributed by atoms with Crippen LogP contribution in [0.5, 0.6) is 0 Å². The van der Waals surface area contributed by atoms with Gasteiger partial charge in [0.05, 0.1) is 0 Å². The molecule has 0 aliphatic carbocycles. The smallest absolute Gasteiger partial charge is 0.301 e. The minimum atomic E-state index is -4.84. The molecule has 2 aromatic rings. The number of amides is 2. The fourth-order valence-electron chi connectivity index (χ4n) is 5.28. The molecule has 0 saturated heterocycles. The molecule has 12 heteroatoms. The molecule has 2 aromatic carbocycles. The van der Waals surface area contributed by atoms with Gasteiger partial charge in [0.15, 0.2) is 0 Å². The number of benzene rings is 2. The number of anilines is 2. The Balaban J connectivity index is 2.00. The fourth-order valence-corrected chi connectivity index (χ4v) is 6.70. The van der Waals surface area contributed by atoms with Crippen molar-refractivity contribution in [1.29, 1.82) is 0 Å². The lowest BCUT2D eigenvalue weighted by atomic mass is 10.0. The Kier molecular flexibility index (Phi) is 22.7. The van der Waals surface area contributed by atoms with Crippen LogP contribution in [0.4, 0.5) is 11.4 Å². The monoisotopic (exact) mass is 818 g/mol. The van der Waals surface area contributed by atoms with Crippen molar-refractivity contribution in [3.63, 3.8) is 0 Å². The molecule has 0 atom stereocenters. The standard InChI is InChI=1S/C46H46N2O8S2/c1-3-5-7-9-11-13-15-17-19-21-23-25-27-29-45(49)47-41-35-33-39(43(37-41)57(51,52)53)31-32-40-34-36-42(38-44(40)58(54,55)56)48-46(50)30-28-26-24-22-20-18-16-14-12-10-8-6-4-2/h31-38H,3,5,7,9,11,13,15,17,19,21,23,25,27,29H2,1-2H3,(H,47,49)(H,48,50)(H,51,52,53)(H,54,55,56)/b32-31+. The van der Waals surface area contributed by atoms with Gasteiger partial charge >= 0.3 is 5.91 Å². The fraction of sp³-hybridized carbons (Fsp3) is 0.348. The predicted molar refractivity (Wildman–Crippen MR) is 229 cm³/mol. The molecule has 0 saturated carbocycles. The van der Waals surface area contributed by atoms with Gasteiger partial charge in [-0.2, -0.15) is 16.8 Å². The van der Waals surface area contributed by atoms with Gasteiger partial charge in [0, 0.05) is 23.7 Å². The molecule has 0 spiro atoms. The van der Waals surface area contributed by atoms with Crippen molar-refractivity contribution in [2.45, 2.75) is 114 Å². The largest absolute Gasteiger partial charge is 0.326 e. The molecule has 0 bridgehead atoms. The second-order valence-electron chi connectivity index (χ2n) is 12.7. The number of nitrogens with one attached hydrogen (secondary N) is 2. The van der Waals surface area contributed by atoms with Gasteiger partial charge in [-0.1, -0.05) is 114 Å². The van der Waals surface area contributed by atoms with Crippen molar-refractivity contribution in [1.82, 2.24) is 0 Å². The van der Waals surface area contributed by atoms with Gasteiger partial charge < -0.3 is 10.6 Å². The zero-order valence-electron chi connectivity index (χ0n) is 32.7. The topological polar surface area (TPSA) is 167 Å². The van der Waals surface area contributed by atoms with Gasteiger partial charge in [-0.25, -0.2) is 0 Å². The number of unbranched alkanes of at least 4 members (excludes halogenated alkanes) is 12. The molecular formula is C46H46N2O8S2. The summed E-state index contributed by atoms with van der Waals surface area (Å²) in [6.45, 7) is 3.87. The van der Waals surface area contributed by atoms with Crippen molar-refractivity contribution in [3.8, 4) is 82.9 Å². The van der Waals surface area contributed by atoms with E-state index in [0.717, 1.165) is 31.4 Å². The molecule has 0 aromatic heterocycles. The number of hydrogen-bond donors (Lipinski definition) is 4. The molecule has 10 nitrogen and oxygen atoms in total. The SMILES string of the molecule is CC#CC#CC#CC#CC#CC#CC#CC(=O)Nc1ccc(/C=C/c2ccc(NC(=O)CCCCCCCCCCCCCCC)cc2S(=O)(=O)O)c(S(=O)(=O)O)c1. The molecule has 2 rings (SSSR count). The van der Waals surface area contributed by atoms with Crippen molar-refractivity contribution in [2.24, 2.45) is 0 Å². The average Bonchev–Trinajstić information content (AvgIpc) is 3.17. The summed E-state index contributed by atoms with van der Waals surface area (Å²) < 4.78 is 68.9. The van der Waals surface area contributed by atoms with Gasteiger partial charge in [-0.05, 0) is 120 Å². The normalized spacial score (nSPS) is 10.1. The van der Waals surface area contributed by atoms with E-state index in [4.69, 9.17) is 0 Å². The molecule has 0 radical (unpaired) electrons. The summed E-state index contributed by atoms with van der Waals surface area (Å²) in [5.74, 6) is 32.8. The van der Waals surface area contributed by atoms with Crippen molar-refractivity contribution >= 4 is 55.6 Å². The van der Waals surface area contributed by atoms with Crippen LogP contribution in [0, 0.1) is 82.9 Å². The van der Waals surface area contributed by atoms with Crippen LogP contribution in [0.15, 0.2) is 46.2 Å². The Morgan fingerprint density at radius 2 is 0.931 bits per heavy atom. The van der Waals surface area contributed by atoms with E-state index in [1.165, 1.54) is 94.2 Å². The van der Waals surface area contributed by atoms with Gasteiger partial charge in [0.2, 0.25) is 5.91 Å². The second kappa shape index (κ2) is 27.5. The summed E-state index contributed by atoms with van der Waals surface area (Å²) in [5, 5.41) is 5.03. The number of carbonyl (C=O) groups excluding carboxylic acids is 2. The Labute approximate surface area is 344 Å². The van der Waals surface area contributed by atoms with Crippen LogP contribution in [0.1, 0.15) is 115 Å². The van der Waals surface area contributed by atoms with Crippen molar-refractivity contribution in [2.75, 3.05) is 10.6 Å². The zero-order chi connectivity index (χ0) is 42.5. The van der Waals surface area contributed by atoms with Crippen molar-refractivity contribution in [3.05, 3.63) is 47.5 Å². The van der Waals surface area contributed by atoms with Crippen LogP contribution >= 0.6 is 0 Å². The number of carbonyl (C=O) groups is 2. The van der Waals surface area contributed by atoms with E-state index in [1.54, 1.807) is 6.92 Å². The third-order valence-corrected chi connectivity index (χ3v) is 9.88. The quantitative estimate of drug-likeness (QED) is 0.0456. The highest BCUT2D eigenvalue weighted by molar-refractivity contribution is 7.86. The molecule has 58 heavy (non-hydrogen) atoms. The van der Waals surface area contributed by atoms with Gasteiger partial charge in [-0.15, -0.1) is 0 Å². The molecule has 2 amide bonds. The van der Waals surface area contributed by atoms with E-state index in [9.17, 15) is 35.5 Å². The summed E-state index contributed by atoms with van der Waals surface area (Å²) in [6.07, 6.45) is 18.0. The van der Waals surface area contributed by atoms with Gasteiger partial charge in [-0.3, -0.25) is 18.7 Å². The highest BCUT2D eigenvalue weighted by Gasteiger charge is 2.18. The van der Waals surface area contributed by atoms with Crippen LogP contribution < -0.4 is 10.6 Å². The molecule has 0 heterocycles. The van der Waals surface area contributed by atoms with Gasteiger partial charge in [0.1, 0.15) is 9.79 Å². The average molecular weight is 819 g/mol. The van der Waals surface area contributed by atoms with Crippen LogP contribution in [0.25, 0.3) is 12.2 Å². The van der Waals surface area contributed by atoms with Crippen LogP contribution in [0.2, 0.25) is 0 Å². The van der Waals surface area contributed by atoms with E-state index in [1.807, 2.05) is 0 Å². The lowest BCUT2D eigenvalue weighted by Gasteiger charge is -2.10. The lowest BCUT2D eigenvalue weighted by molar-refractivity contribution is -0.116. The first kappa shape index (κ1) is 48.0. The maximum atomic E-state index is 12.6. The molecule has 0 aliphatic heterocycles. The first-order chi connectivity index (χ1) is 27.8. The summed E-state index contributed by atoms with van der Waals surface area (Å²) in [7, 11) is -9.62. The number of hydrogen-bond acceptors (Lipinski definition) is 6. The highest BCUT2D eigenvalue weighted by atomic mass is 32.2. The Morgan fingerprint density at radius 3 is 1.34 bits per heavy atom. The molecule has 4 N–H and O–H groups in total. The van der Waals surface area contributed by atoms with Crippen LogP contribution in [0.3, 0.4) is 0 Å². The predicted octanol–water partition coefficient (Wildman–Crippen LogP) is 7.75. The van der Waals surface area contributed by atoms with Crippen LogP contribution in [-0.4, -0.2) is 37.8 Å². The highest BCUT2D eigenvalue weighted by Crippen LogP contribution is 2.26. The molecule has 0 aliphatic rings. The van der Waals surface area contributed by atoms with E-state index in [0.29, 0.717) is 6.42 Å². The minimum absolute atomic E-state index is 0.0270. The third kappa shape index (κ3) is 21.2. The summed E-state index contributed by atoms with van der Waals surface area (Å²) >= 11 is 0. The van der Waals surface area contributed by atoms with Crippen molar-refractivity contribution < 1.29 is 35.5 Å². The maximum Gasteiger partial charge on any atom is 0.301 e.